The lowest BCUT2D eigenvalue weighted by molar-refractivity contribution is 0.0945. The highest BCUT2D eigenvalue weighted by Gasteiger charge is 2.08. The predicted molar refractivity (Wildman–Crippen MR) is 74.0 cm³/mol. The summed E-state index contributed by atoms with van der Waals surface area (Å²) in [5.41, 5.74) is 3.47. The molecular formula is C13H15N5O2. The lowest BCUT2D eigenvalue weighted by atomic mass is 10.2. The second-order valence-corrected chi connectivity index (χ2v) is 3.97. The van der Waals surface area contributed by atoms with Crippen LogP contribution in [0.3, 0.4) is 0 Å². The minimum absolute atomic E-state index is 0.198. The molecule has 7 heteroatoms. The molecule has 4 N–H and O–H groups in total. The van der Waals surface area contributed by atoms with Crippen LogP contribution in [0.1, 0.15) is 16.1 Å². The second-order valence-electron chi connectivity index (χ2n) is 3.97. The number of anilines is 1. The van der Waals surface area contributed by atoms with Crippen molar-refractivity contribution in [3.8, 4) is 5.75 Å². The van der Waals surface area contributed by atoms with Crippen LogP contribution in [0.5, 0.6) is 5.75 Å². The van der Waals surface area contributed by atoms with Gasteiger partial charge in [-0.1, -0.05) is 12.1 Å². The summed E-state index contributed by atoms with van der Waals surface area (Å²) in [7, 11) is 1.60. The third-order valence-corrected chi connectivity index (χ3v) is 2.60. The molecule has 0 unspecified atom stereocenters. The third-order valence-electron chi connectivity index (χ3n) is 2.60. The fourth-order valence-electron chi connectivity index (χ4n) is 1.60. The first-order valence-corrected chi connectivity index (χ1v) is 5.92. The van der Waals surface area contributed by atoms with E-state index < -0.39 is 0 Å². The average Bonchev–Trinajstić information content (AvgIpc) is 2.52. The van der Waals surface area contributed by atoms with Crippen molar-refractivity contribution >= 4 is 11.7 Å². The number of aromatic nitrogens is 2. The van der Waals surface area contributed by atoms with Gasteiger partial charge in [0.25, 0.3) is 5.91 Å². The van der Waals surface area contributed by atoms with Crippen molar-refractivity contribution in [2.75, 3.05) is 12.5 Å². The fraction of sp³-hybridized carbons (Fsp3) is 0.154. The quantitative estimate of drug-likeness (QED) is 0.547. The van der Waals surface area contributed by atoms with E-state index in [0.717, 1.165) is 11.3 Å². The number of nitrogens with zero attached hydrogens (tertiary/aromatic N) is 2. The molecular weight excluding hydrogens is 258 g/mol. The normalized spacial score (nSPS) is 9.90. The number of carbonyl (C=O) groups is 1. The molecule has 20 heavy (non-hydrogen) atoms. The molecule has 0 saturated heterocycles. The zero-order valence-electron chi connectivity index (χ0n) is 11.0. The van der Waals surface area contributed by atoms with Crippen LogP contribution in [0.4, 0.5) is 5.82 Å². The van der Waals surface area contributed by atoms with Gasteiger partial charge in [0.2, 0.25) is 0 Å². The Morgan fingerprint density at radius 3 is 3.00 bits per heavy atom. The molecule has 1 heterocycles. The van der Waals surface area contributed by atoms with Crippen LogP contribution in [-0.4, -0.2) is 23.0 Å². The fourth-order valence-corrected chi connectivity index (χ4v) is 1.60. The minimum atomic E-state index is -0.322. The molecule has 1 aromatic carbocycles. The van der Waals surface area contributed by atoms with E-state index in [9.17, 15) is 4.79 Å². The number of hydrogen-bond donors (Lipinski definition) is 3. The minimum Gasteiger partial charge on any atom is -0.497 e. The maximum atomic E-state index is 11.9. The van der Waals surface area contributed by atoms with Crippen molar-refractivity contribution in [1.82, 2.24) is 15.3 Å². The van der Waals surface area contributed by atoms with Gasteiger partial charge in [0.1, 0.15) is 11.4 Å². The molecule has 0 saturated carbocycles. The summed E-state index contributed by atoms with van der Waals surface area (Å²) in [5.74, 6) is 5.97. The Bertz CT molecular complexity index is 603. The van der Waals surface area contributed by atoms with E-state index in [1.165, 1.54) is 12.4 Å². The number of nitrogens with two attached hydrogens (primary N) is 1. The van der Waals surface area contributed by atoms with Gasteiger partial charge >= 0.3 is 0 Å². The molecule has 0 aliphatic heterocycles. The van der Waals surface area contributed by atoms with E-state index in [1.807, 2.05) is 24.3 Å². The van der Waals surface area contributed by atoms with E-state index in [-0.39, 0.29) is 11.6 Å². The summed E-state index contributed by atoms with van der Waals surface area (Å²) in [5, 5.41) is 2.75. The van der Waals surface area contributed by atoms with Gasteiger partial charge in [0.15, 0.2) is 5.82 Å². The highest BCUT2D eigenvalue weighted by atomic mass is 16.5. The monoisotopic (exact) mass is 273 g/mol. The molecule has 0 spiro atoms. The maximum absolute atomic E-state index is 11.9. The number of ether oxygens (including phenoxy) is 1. The van der Waals surface area contributed by atoms with Gasteiger partial charge in [0, 0.05) is 6.54 Å². The molecule has 1 amide bonds. The Kier molecular flexibility index (Phi) is 4.46. The van der Waals surface area contributed by atoms with Crippen molar-refractivity contribution in [2.24, 2.45) is 5.84 Å². The number of hydrazine groups is 1. The predicted octanol–water partition coefficient (Wildman–Crippen LogP) is 0.701. The molecule has 0 bridgehead atoms. The van der Waals surface area contributed by atoms with Crippen LogP contribution in [-0.2, 0) is 6.54 Å². The summed E-state index contributed by atoms with van der Waals surface area (Å²) in [6.07, 6.45) is 2.81. The first kappa shape index (κ1) is 13.8. The molecule has 0 atom stereocenters. The molecule has 104 valence electrons. The van der Waals surface area contributed by atoms with Crippen LogP contribution in [0.15, 0.2) is 36.7 Å². The second kappa shape index (κ2) is 6.48. The topological polar surface area (TPSA) is 102 Å². The van der Waals surface area contributed by atoms with Crippen molar-refractivity contribution in [1.29, 1.82) is 0 Å². The highest BCUT2D eigenvalue weighted by molar-refractivity contribution is 5.92. The van der Waals surface area contributed by atoms with Crippen molar-refractivity contribution < 1.29 is 9.53 Å². The third kappa shape index (κ3) is 3.42. The Hall–Kier alpha value is -2.67. The average molecular weight is 273 g/mol. The number of rotatable bonds is 5. The van der Waals surface area contributed by atoms with E-state index >= 15 is 0 Å². The SMILES string of the molecule is COc1cccc(CNC(=O)c2cncc(NN)n2)c1. The number of hydrogen-bond acceptors (Lipinski definition) is 6. The van der Waals surface area contributed by atoms with Crippen molar-refractivity contribution in [3.05, 3.63) is 47.9 Å². The standard InChI is InChI=1S/C13H15N5O2/c1-20-10-4-2-3-9(5-10)6-16-13(19)11-7-15-8-12(17-11)18-14/h2-5,7-8H,6,14H2,1H3,(H,16,19)(H,17,18). The Labute approximate surface area is 116 Å². The smallest absolute Gasteiger partial charge is 0.271 e. The van der Waals surface area contributed by atoms with Gasteiger partial charge in [-0.3, -0.25) is 9.78 Å². The Balaban J connectivity index is 2.00. The van der Waals surface area contributed by atoms with E-state index in [4.69, 9.17) is 10.6 Å². The largest absolute Gasteiger partial charge is 0.497 e. The zero-order valence-corrected chi connectivity index (χ0v) is 11.0. The first-order valence-electron chi connectivity index (χ1n) is 5.92. The molecule has 0 radical (unpaired) electrons. The number of benzene rings is 1. The van der Waals surface area contributed by atoms with Gasteiger partial charge < -0.3 is 15.5 Å². The van der Waals surface area contributed by atoms with Crippen LogP contribution in [0, 0.1) is 0 Å². The van der Waals surface area contributed by atoms with Crippen LogP contribution in [0.25, 0.3) is 0 Å². The van der Waals surface area contributed by atoms with Crippen LogP contribution >= 0.6 is 0 Å². The van der Waals surface area contributed by atoms with Gasteiger partial charge in [-0.2, -0.15) is 0 Å². The number of carbonyl (C=O) groups excluding carboxylic acids is 1. The molecule has 0 fully saturated rings. The van der Waals surface area contributed by atoms with E-state index in [2.05, 4.69) is 20.7 Å². The van der Waals surface area contributed by atoms with Crippen molar-refractivity contribution in [2.45, 2.75) is 6.54 Å². The lowest BCUT2D eigenvalue weighted by Crippen LogP contribution is -2.24. The number of amides is 1. The van der Waals surface area contributed by atoms with Gasteiger partial charge in [-0.05, 0) is 17.7 Å². The summed E-state index contributed by atoms with van der Waals surface area (Å²) >= 11 is 0. The Morgan fingerprint density at radius 2 is 2.25 bits per heavy atom. The van der Waals surface area contributed by atoms with Gasteiger partial charge in [-0.25, -0.2) is 10.8 Å². The molecule has 7 nitrogen and oxygen atoms in total. The highest BCUT2D eigenvalue weighted by Crippen LogP contribution is 2.12. The Morgan fingerprint density at radius 1 is 1.40 bits per heavy atom. The molecule has 0 aliphatic carbocycles. The van der Waals surface area contributed by atoms with E-state index in [0.29, 0.717) is 12.4 Å². The number of nitrogens with one attached hydrogen (secondary N) is 2. The zero-order chi connectivity index (χ0) is 14.4. The molecule has 2 rings (SSSR count). The molecule has 2 aromatic rings. The molecule has 0 aliphatic rings. The lowest BCUT2D eigenvalue weighted by Gasteiger charge is -2.07. The summed E-state index contributed by atoms with van der Waals surface area (Å²) in [6, 6.07) is 7.45. The van der Waals surface area contributed by atoms with Crippen molar-refractivity contribution in [3.63, 3.8) is 0 Å². The maximum Gasteiger partial charge on any atom is 0.271 e. The summed E-state index contributed by atoms with van der Waals surface area (Å²) < 4.78 is 5.12. The number of nitrogen functional groups attached to an aromatic ring is 1. The summed E-state index contributed by atoms with van der Waals surface area (Å²) in [4.78, 5) is 19.8. The number of methoxy groups -OCH3 is 1. The van der Waals surface area contributed by atoms with E-state index in [1.54, 1.807) is 7.11 Å². The first-order chi connectivity index (χ1) is 9.72. The molecule has 1 aromatic heterocycles. The summed E-state index contributed by atoms with van der Waals surface area (Å²) in [6.45, 7) is 0.373. The van der Waals surface area contributed by atoms with Crippen LogP contribution in [0.2, 0.25) is 0 Å². The van der Waals surface area contributed by atoms with Gasteiger partial charge in [0.05, 0.1) is 19.5 Å². The van der Waals surface area contributed by atoms with Crippen LogP contribution < -0.4 is 21.3 Å². The van der Waals surface area contributed by atoms with Gasteiger partial charge in [-0.15, -0.1) is 0 Å².